The highest BCUT2D eigenvalue weighted by Crippen LogP contribution is 2.15. The summed E-state index contributed by atoms with van der Waals surface area (Å²) in [7, 11) is 1.75. The van der Waals surface area contributed by atoms with Crippen LogP contribution >= 0.6 is 0 Å². The predicted molar refractivity (Wildman–Crippen MR) is 45.1 cm³/mol. The van der Waals surface area contributed by atoms with Crippen LogP contribution in [0.15, 0.2) is 12.2 Å². The smallest absolute Gasteiger partial charge is 0.0828 e. The lowest BCUT2D eigenvalue weighted by molar-refractivity contribution is 0.0454. The summed E-state index contributed by atoms with van der Waals surface area (Å²) >= 11 is 0. The first-order valence-electron chi connectivity index (χ1n) is 3.91. The zero-order chi connectivity index (χ0) is 8.04. The molecule has 1 atom stereocenters. The Labute approximate surface area is 64.1 Å². The van der Waals surface area contributed by atoms with Crippen LogP contribution in [-0.2, 0) is 4.74 Å². The van der Waals surface area contributed by atoms with Gasteiger partial charge in [-0.05, 0) is 19.8 Å². The molecule has 1 unspecified atom stereocenters. The van der Waals surface area contributed by atoms with Crippen LogP contribution in [0.25, 0.3) is 0 Å². The number of methoxy groups -OCH3 is 1. The zero-order valence-corrected chi connectivity index (χ0v) is 7.48. The first kappa shape index (κ1) is 9.70. The molecule has 0 N–H and O–H groups in total. The van der Waals surface area contributed by atoms with Gasteiger partial charge >= 0.3 is 0 Å². The minimum absolute atomic E-state index is 0.0456. The van der Waals surface area contributed by atoms with Gasteiger partial charge in [-0.3, -0.25) is 0 Å². The van der Waals surface area contributed by atoms with Crippen molar-refractivity contribution in [3.05, 3.63) is 12.2 Å². The molecule has 0 aromatic rings. The van der Waals surface area contributed by atoms with Crippen LogP contribution in [0.5, 0.6) is 0 Å². The van der Waals surface area contributed by atoms with E-state index in [0.29, 0.717) is 0 Å². The van der Waals surface area contributed by atoms with E-state index in [9.17, 15) is 0 Å². The number of allylic oxidation sites excluding steroid dienone is 1. The second-order valence-electron chi connectivity index (χ2n) is 2.68. The Kier molecular flexibility index (Phi) is 4.37. The van der Waals surface area contributed by atoms with Crippen molar-refractivity contribution in [2.75, 3.05) is 7.11 Å². The molecule has 0 aliphatic rings. The van der Waals surface area contributed by atoms with Crippen molar-refractivity contribution < 1.29 is 4.74 Å². The highest BCUT2D eigenvalue weighted by molar-refractivity contribution is 4.97. The van der Waals surface area contributed by atoms with Gasteiger partial charge < -0.3 is 4.74 Å². The first-order valence-corrected chi connectivity index (χ1v) is 3.91. The van der Waals surface area contributed by atoms with E-state index in [2.05, 4.69) is 32.9 Å². The van der Waals surface area contributed by atoms with Crippen LogP contribution in [0.2, 0.25) is 0 Å². The van der Waals surface area contributed by atoms with Crippen LogP contribution < -0.4 is 0 Å². The highest BCUT2D eigenvalue weighted by Gasteiger charge is 2.15. The van der Waals surface area contributed by atoms with Crippen molar-refractivity contribution in [1.29, 1.82) is 0 Å². The lowest BCUT2D eigenvalue weighted by atomic mass is 10.0. The Hall–Kier alpha value is -0.300. The van der Waals surface area contributed by atoms with Gasteiger partial charge in [-0.15, -0.1) is 0 Å². The number of rotatable bonds is 4. The maximum absolute atomic E-state index is 5.30. The van der Waals surface area contributed by atoms with Crippen LogP contribution in [-0.4, -0.2) is 12.7 Å². The van der Waals surface area contributed by atoms with E-state index in [1.165, 1.54) is 0 Å². The fourth-order valence-electron chi connectivity index (χ4n) is 0.697. The molecule has 0 heterocycles. The van der Waals surface area contributed by atoms with E-state index in [4.69, 9.17) is 4.74 Å². The van der Waals surface area contributed by atoms with Crippen molar-refractivity contribution in [3.63, 3.8) is 0 Å². The lowest BCUT2D eigenvalue weighted by Gasteiger charge is -2.21. The summed E-state index contributed by atoms with van der Waals surface area (Å²) in [6.07, 6.45) is 6.39. The van der Waals surface area contributed by atoms with Gasteiger partial charge in [0.05, 0.1) is 5.60 Å². The Morgan fingerprint density at radius 2 is 2.00 bits per heavy atom. The van der Waals surface area contributed by atoms with Crippen LogP contribution in [0, 0.1) is 0 Å². The third kappa shape index (κ3) is 3.02. The molecule has 0 aliphatic carbocycles. The topological polar surface area (TPSA) is 9.23 Å². The Morgan fingerprint density at radius 1 is 1.40 bits per heavy atom. The average Bonchev–Trinajstić information content (AvgIpc) is 2.00. The number of hydrogen-bond donors (Lipinski definition) is 0. The molecule has 0 saturated heterocycles. The molecule has 60 valence electrons. The van der Waals surface area contributed by atoms with Gasteiger partial charge in [-0.1, -0.05) is 26.0 Å². The Morgan fingerprint density at radius 3 is 2.30 bits per heavy atom. The molecular weight excluding hydrogens is 124 g/mol. The molecule has 0 aromatic heterocycles. The molecule has 0 saturated carbocycles. The zero-order valence-electron chi connectivity index (χ0n) is 7.48. The van der Waals surface area contributed by atoms with Crippen molar-refractivity contribution in [3.8, 4) is 0 Å². The minimum atomic E-state index is -0.0456. The molecule has 0 aliphatic heterocycles. The molecule has 0 spiro atoms. The van der Waals surface area contributed by atoms with E-state index < -0.39 is 0 Å². The molecule has 0 amide bonds. The van der Waals surface area contributed by atoms with E-state index in [1.807, 2.05) is 0 Å². The van der Waals surface area contributed by atoms with E-state index in [-0.39, 0.29) is 5.60 Å². The van der Waals surface area contributed by atoms with Crippen molar-refractivity contribution >= 4 is 0 Å². The summed E-state index contributed by atoms with van der Waals surface area (Å²) in [4.78, 5) is 0. The third-order valence-corrected chi connectivity index (χ3v) is 1.87. The molecule has 0 fully saturated rings. The second-order valence-corrected chi connectivity index (χ2v) is 2.68. The number of ether oxygens (including phenoxy) is 1. The predicted octanol–water partition coefficient (Wildman–Crippen LogP) is 2.77. The fraction of sp³-hybridized carbons (Fsp3) is 0.778. The summed E-state index contributed by atoms with van der Waals surface area (Å²) in [5.41, 5.74) is -0.0456. The van der Waals surface area contributed by atoms with Crippen molar-refractivity contribution in [1.82, 2.24) is 0 Å². The summed E-state index contributed by atoms with van der Waals surface area (Å²) in [6.45, 7) is 6.35. The quantitative estimate of drug-likeness (QED) is 0.548. The highest BCUT2D eigenvalue weighted by atomic mass is 16.5. The van der Waals surface area contributed by atoms with E-state index >= 15 is 0 Å². The van der Waals surface area contributed by atoms with Crippen LogP contribution in [0.4, 0.5) is 0 Å². The molecule has 0 bridgehead atoms. The minimum Gasteiger partial charge on any atom is -0.374 e. The normalized spacial score (nSPS) is 17.6. The van der Waals surface area contributed by atoms with Crippen LogP contribution in [0.1, 0.15) is 33.6 Å². The van der Waals surface area contributed by atoms with Gasteiger partial charge in [0.1, 0.15) is 0 Å². The van der Waals surface area contributed by atoms with Crippen LogP contribution in [0.3, 0.4) is 0 Å². The Balaban J connectivity index is 3.92. The molecule has 10 heavy (non-hydrogen) atoms. The summed E-state index contributed by atoms with van der Waals surface area (Å²) in [5.74, 6) is 0. The second kappa shape index (κ2) is 4.51. The summed E-state index contributed by atoms with van der Waals surface area (Å²) in [5, 5.41) is 0. The summed E-state index contributed by atoms with van der Waals surface area (Å²) in [6, 6.07) is 0. The molecule has 0 aromatic carbocycles. The average molecular weight is 142 g/mol. The van der Waals surface area contributed by atoms with Gasteiger partial charge in [-0.25, -0.2) is 0 Å². The lowest BCUT2D eigenvalue weighted by Crippen LogP contribution is -2.22. The molecule has 1 heteroatoms. The SMILES string of the molecule is CCC=CC(C)(CC)OC. The van der Waals surface area contributed by atoms with Gasteiger partial charge in [0, 0.05) is 7.11 Å². The van der Waals surface area contributed by atoms with Gasteiger partial charge in [0.2, 0.25) is 0 Å². The monoisotopic (exact) mass is 142 g/mol. The van der Waals surface area contributed by atoms with Gasteiger partial charge in [0.15, 0.2) is 0 Å². The maximum Gasteiger partial charge on any atom is 0.0828 e. The molecular formula is C9H18O. The van der Waals surface area contributed by atoms with Crippen molar-refractivity contribution in [2.45, 2.75) is 39.2 Å². The fourth-order valence-corrected chi connectivity index (χ4v) is 0.697. The standard InChI is InChI=1S/C9H18O/c1-5-7-8-9(3,6-2)10-4/h7-8H,5-6H2,1-4H3. The Bertz CT molecular complexity index is 101. The third-order valence-electron chi connectivity index (χ3n) is 1.87. The molecule has 1 nitrogen and oxygen atoms in total. The molecule has 0 rings (SSSR count). The van der Waals surface area contributed by atoms with E-state index in [1.54, 1.807) is 7.11 Å². The first-order chi connectivity index (χ1) is 4.68. The van der Waals surface area contributed by atoms with Gasteiger partial charge in [0.25, 0.3) is 0 Å². The maximum atomic E-state index is 5.30. The molecule has 0 radical (unpaired) electrons. The van der Waals surface area contributed by atoms with Crippen molar-refractivity contribution in [2.24, 2.45) is 0 Å². The largest absolute Gasteiger partial charge is 0.374 e. The number of hydrogen-bond acceptors (Lipinski definition) is 1. The summed E-state index contributed by atoms with van der Waals surface area (Å²) < 4.78 is 5.30. The van der Waals surface area contributed by atoms with E-state index in [0.717, 1.165) is 12.8 Å². The van der Waals surface area contributed by atoms with Gasteiger partial charge in [-0.2, -0.15) is 0 Å².